The monoisotopic (exact) mass is 279 g/mol. The van der Waals surface area contributed by atoms with Crippen molar-refractivity contribution in [3.63, 3.8) is 0 Å². The molecule has 4 heteroatoms. The van der Waals surface area contributed by atoms with E-state index in [9.17, 15) is 4.79 Å². The van der Waals surface area contributed by atoms with E-state index < -0.39 is 5.97 Å². The third-order valence-electron chi connectivity index (χ3n) is 3.13. The summed E-state index contributed by atoms with van der Waals surface area (Å²) in [5.74, 6) is 0.125. The number of aliphatic carboxylic acids is 1. The summed E-state index contributed by atoms with van der Waals surface area (Å²) >= 11 is 0. The maximum atomic E-state index is 10.7. The molecule has 0 fully saturated rings. The Kier molecular flexibility index (Phi) is 6.52. The maximum absolute atomic E-state index is 10.7. The van der Waals surface area contributed by atoms with Crippen LogP contribution in [0, 0.1) is 0 Å². The first-order chi connectivity index (χ1) is 9.39. The number of carboxylic acids is 1. The van der Waals surface area contributed by atoms with Gasteiger partial charge in [-0.2, -0.15) is 0 Å². The molecule has 0 atom stereocenters. The minimum absolute atomic E-state index is 0.0256. The second-order valence-corrected chi connectivity index (χ2v) is 5.82. The average Bonchev–Trinajstić information content (AvgIpc) is 2.37. The highest BCUT2D eigenvalue weighted by Crippen LogP contribution is 2.15. The van der Waals surface area contributed by atoms with Crippen LogP contribution in [0.3, 0.4) is 0 Å². The van der Waals surface area contributed by atoms with E-state index in [1.165, 1.54) is 0 Å². The lowest BCUT2D eigenvalue weighted by molar-refractivity contribution is -0.137. The molecule has 0 bridgehead atoms. The summed E-state index contributed by atoms with van der Waals surface area (Å²) in [6.45, 7) is 8.37. The lowest BCUT2D eigenvalue weighted by Crippen LogP contribution is -2.43. The van der Waals surface area contributed by atoms with Crippen molar-refractivity contribution in [1.82, 2.24) is 4.90 Å². The molecule has 0 radical (unpaired) electrons. The van der Waals surface area contributed by atoms with Crippen LogP contribution in [0.1, 0.15) is 33.6 Å². The number of rotatable bonds is 8. The third-order valence-corrected chi connectivity index (χ3v) is 3.13. The number of hydrogen-bond acceptors (Lipinski definition) is 3. The van der Waals surface area contributed by atoms with Gasteiger partial charge in [0.1, 0.15) is 5.75 Å². The fraction of sp³-hybridized carbons (Fsp3) is 0.562. The van der Waals surface area contributed by atoms with Crippen molar-refractivity contribution in [3.05, 3.63) is 30.3 Å². The first-order valence-electron chi connectivity index (χ1n) is 7.04. The van der Waals surface area contributed by atoms with Gasteiger partial charge in [-0.1, -0.05) is 18.2 Å². The molecule has 0 saturated heterocycles. The Morgan fingerprint density at radius 2 is 1.85 bits per heavy atom. The van der Waals surface area contributed by atoms with Crippen molar-refractivity contribution < 1.29 is 14.6 Å². The Morgan fingerprint density at radius 3 is 2.40 bits per heavy atom. The summed E-state index contributed by atoms with van der Waals surface area (Å²) in [7, 11) is 0. The van der Waals surface area contributed by atoms with Crippen LogP contribution in [-0.2, 0) is 4.79 Å². The predicted octanol–water partition coefficient (Wildman–Crippen LogP) is 3.03. The van der Waals surface area contributed by atoms with Gasteiger partial charge < -0.3 is 9.84 Å². The highest BCUT2D eigenvalue weighted by atomic mass is 16.5. The van der Waals surface area contributed by atoms with Gasteiger partial charge in [0.05, 0.1) is 13.0 Å². The normalized spacial score (nSPS) is 11.6. The number of carbonyl (C=O) groups is 1. The smallest absolute Gasteiger partial charge is 0.304 e. The zero-order valence-corrected chi connectivity index (χ0v) is 12.6. The molecule has 0 aliphatic heterocycles. The van der Waals surface area contributed by atoms with E-state index in [1.807, 2.05) is 30.3 Å². The molecule has 4 nitrogen and oxygen atoms in total. The topological polar surface area (TPSA) is 49.8 Å². The maximum Gasteiger partial charge on any atom is 0.304 e. The van der Waals surface area contributed by atoms with Gasteiger partial charge in [0.15, 0.2) is 0 Å². The fourth-order valence-corrected chi connectivity index (χ4v) is 1.98. The Balaban J connectivity index is 2.33. The fourth-order valence-electron chi connectivity index (χ4n) is 1.98. The molecule has 0 amide bonds. The average molecular weight is 279 g/mol. The van der Waals surface area contributed by atoms with Gasteiger partial charge in [0.2, 0.25) is 0 Å². The molecule has 0 spiro atoms. The largest absolute Gasteiger partial charge is 0.494 e. The summed E-state index contributed by atoms with van der Waals surface area (Å²) in [4.78, 5) is 12.9. The van der Waals surface area contributed by atoms with Crippen LogP contribution < -0.4 is 4.74 Å². The molecule has 0 saturated carbocycles. The number of ether oxygens (including phenoxy) is 1. The first kappa shape index (κ1) is 16.5. The molecule has 1 rings (SSSR count). The van der Waals surface area contributed by atoms with Crippen molar-refractivity contribution in [2.75, 3.05) is 19.7 Å². The summed E-state index contributed by atoms with van der Waals surface area (Å²) in [5, 5.41) is 8.80. The number of nitrogens with zero attached hydrogens (tertiary/aromatic N) is 1. The summed E-state index contributed by atoms with van der Waals surface area (Å²) in [5.41, 5.74) is -0.0256. The molecule has 1 N–H and O–H groups in total. The predicted molar refractivity (Wildman–Crippen MR) is 80.1 cm³/mol. The van der Waals surface area contributed by atoms with Crippen molar-refractivity contribution in [2.45, 2.75) is 39.2 Å². The van der Waals surface area contributed by atoms with Crippen molar-refractivity contribution >= 4 is 5.97 Å². The second-order valence-electron chi connectivity index (χ2n) is 5.82. The van der Waals surface area contributed by atoms with Crippen LogP contribution in [0.5, 0.6) is 5.75 Å². The quantitative estimate of drug-likeness (QED) is 0.743. The third kappa shape index (κ3) is 6.57. The molecule has 0 aliphatic rings. The second kappa shape index (κ2) is 7.90. The SMILES string of the molecule is CC(C)(C)N(CCCOc1ccccc1)CCC(=O)O. The van der Waals surface area contributed by atoms with E-state index in [4.69, 9.17) is 9.84 Å². The van der Waals surface area contributed by atoms with Crippen LogP contribution in [0.15, 0.2) is 30.3 Å². The highest BCUT2D eigenvalue weighted by Gasteiger charge is 2.21. The summed E-state index contributed by atoms with van der Waals surface area (Å²) < 4.78 is 5.65. The molecule has 0 heterocycles. The Bertz CT molecular complexity index is 398. The van der Waals surface area contributed by atoms with Gasteiger partial charge in [-0.05, 0) is 39.3 Å². The van der Waals surface area contributed by atoms with Gasteiger partial charge in [0.25, 0.3) is 0 Å². The van der Waals surface area contributed by atoms with E-state index in [-0.39, 0.29) is 12.0 Å². The molecule has 1 aromatic carbocycles. The number of hydrogen-bond donors (Lipinski definition) is 1. The van der Waals surface area contributed by atoms with Crippen LogP contribution >= 0.6 is 0 Å². The molecular weight excluding hydrogens is 254 g/mol. The molecular formula is C16H25NO3. The molecule has 0 unspecified atom stereocenters. The zero-order chi connectivity index (χ0) is 15.0. The van der Waals surface area contributed by atoms with E-state index in [2.05, 4.69) is 25.7 Å². The molecule has 20 heavy (non-hydrogen) atoms. The van der Waals surface area contributed by atoms with Gasteiger partial charge in [0, 0.05) is 18.6 Å². The van der Waals surface area contributed by atoms with Crippen LogP contribution in [0.4, 0.5) is 0 Å². The molecule has 1 aromatic rings. The standard InChI is InChI=1S/C16H25NO3/c1-16(2,3)17(12-10-15(18)19)11-7-13-20-14-8-5-4-6-9-14/h4-6,8-9H,7,10-13H2,1-3H3,(H,18,19). The van der Waals surface area contributed by atoms with Gasteiger partial charge in [-0.25, -0.2) is 0 Å². The lowest BCUT2D eigenvalue weighted by Gasteiger charge is -2.35. The summed E-state index contributed by atoms with van der Waals surface area (Å²) in [6.07, 6.45) is 1.06. The Morgan fingerprint density at radius 1 is 1.20 bits per heavy atom. The van der Waals surface area contributed by atoms with E-state index >= 15 is 0 Å². The van der Waals surface area contributed by atoms with Gasteiger partial charge >= 0.3 is 5.97 Å². The first-order valence-corrected chi connectivity index (χ1v) is 7.04. The highest BCUT2D eigenvalue weighted by molar-refractivity contribution is 5.66. The number of carboxylic acid groups (broad SMARTS) is 1. The summed E-state index contributed by atoms with van der Waals surface area (Å²) in [6, 6.07) is 9.73. The van der Waals surface area contributed by atoms with Crippen LogP contribution in [-0.4, -0.2) is 41.2 Å². The van der Waals surface area contributed by atoms with Crippen molar-refractivity contribution in [3.8, 4) is 5.75 Å². The number of para-hydroxylation sites is 1. The molecule has 112 valence electrons. The van der Waals surface area contributed by atoms with Crippen LogP contribution in [0.25, 0.3) is 0 Å². The Hall–Kier alpha value is -1.55. The molecule has 0 aromatic heterocycles. The Labute approximate surface area is 121 Å². The van der Waals surface area contributed by atoms with Gasteiger partial charge in [-0.15, -0.1) is 0 Å². The van der Waals surface area contributed by atoms with Gasteiger partial charge in [-0.3, -0.25) is 9.69 Å². The van der Waals surface area contributed by atoms with E-state index in [0.717, 1.165) is 18.7 Å². The zero-order valence-electron chi connectivity index (χ0n) is 12.6. The molecule has 0 aliphatic carbocycles. The van der Waals surface area contributed by atoms with Crippen molar-refractivity contribution in [2.24, 2.45) is 0 Å². The van der Waals surface area contributed by atoms with E-state index in [1.54, 1.807) is 0 Å². The number of benzene rings is 1. The van der Waals surface area contributed by atoms with Crippen LogP contribution in [0.2, 0.25) is 0 Å². The minimum Gasteiger partial charge on any atom is -0.494 e. The lowest BCUT2D eigenvalue weighted by atomic mass is 10.1. The minimum atomic E-state index is -0.750. The van der Waals surface area contributed by atoms with Crippen molar-refractivity contribution in [1.29, 1.82) is 0 Å². The van der Waals surface area contributed by atoms with E-state index in [0.29, 0.717) is 13.2 Å².